The van der Waals surface area contributed by atoms with Gasteiger partial charge < -0.3 is 5.11 Å². The molecule has 1 aromatic carbocycles. The van der Waals surface area contributed by atoms with E-state index in [-0.39, 0.29) is 12.5 Å². The van der Waals surface area contributed by atoms with Crippen LogP contribution < -0.4 is 0 Å². The molecule has 0 radical (unpaired) electrons. The SMILES string of the molecule is OC(CCCC(F)(F)F)c1cc(F)c(F)cc1F. The summed E-state index contributed by atoms with van der Waals surface area (Å²) in [7, 11) is 0. The van der Waals surface area contributed by atoms with E-state index in [0.29, 0.717) is 6.07 Å². The molecule has 1 unspecified atom stereocenters. The predicted octanol–water partition coefficient (Wildman–Crippen LogP) is 3.87. The van der Waals surface area contributed by atoms with Crippen molar-refractivity contribution in [1.29, 1.82) is 0 Å². The van der Waals surface area contributed by atoms with E-state index in [2.05, 4.69) is 0 Å². The fourth-order valence-corrected chi connectivity index (χ4v) is 1.44. The maximum atomic E-state index is 13.2. The molecule has 1 atom stereocenters. The van der Waals surface area contributed by atoms with E-state index >= 15 is 0 Å². The average Bonchev–Trinajstić information content (AvgIpc) is 2.21. The molecule has 0 aromatic heterocycles. The number of hydrogen-bond acceptors (Lipinski definition) is 1. The Morgan fingerprint density at radius 2 is 1.56 bits per heavy atom. The summed E-state index contributed by atoms with van der Waals surface area (Å²) >= 11 is 0. The molecule has 1 N–H and O–H groups in total. The molecule has 0 saturated carbocycles. The van der Waals surface area contributed by atoms with Crippen LogP contribution in [0.1, 0.15) is 30.9 Å². The highest BCUT2D eigenvalue weighted by Crippen LogP contribution is 2.28. The van der Waals surface area contributed by atoms with Gasteiger partial charge in [-0.1, -0.05) is 0 Å². The van der Waals surface area contributed by atoms with Crippen molar-refractivity contribution < 1.29 is 31.4 Å². The number of benzene rings is 1. The first kappa shape index (κ1) is 14.8. The van der Waals surface area contributed by atoms with E-state index in [0.717, 1.165) is 0 Å². The van der Waals surface area contributed by atoms with Crippen molar-refractivity contribution in [3.8, 4) is 0 Å². The summed E-state index contributed by atoms with van der Waals surface area (Å²) in [6, 6.07) is 0.695. The van der Waals surface area contributed by atoms with Gasteiger partial charge in [0.25, 0.3) is 0 Å². The van der Waals surface area contributed by atoms with Gasteiger partial charge in [-0.3, -0.25) is 0 Å². The molecule has 0 aliphatic heterocycles. The van der Waals surface area contributed by atoms with Crippen LogP contribution in [-0.2, 0) is 0 Å². The zero-order valence-corrected chi connectivity index (χ0v) is 9.07. The second-order valence-electron chi connectivity index (χ2n) is 3.81. The monoisotopic (exact) mass is 272 g/mol. The smallest absolute Gasteiger partial charge is 0.388 e. The van der Waals surface area contributed by atoms with E-state index in [1.807, 2.05) is 0 Å². The lowest BCUT2D eigenvalue weighted by molar-refractivity contribution is -0.136. The topological polar surface area (TPSA) is 20.2 Å². The molecule has 0 spiro atoms. The Morgan fingerprint density at radius 1 is 1.00 bits per heavy atom. The molecule has 18 heavy (non-hydrogen) atoms. The summed E-state index contributed by atoms with van der Waals surface area (Å²) in [6.45, 7) is 0. The van der Waals surface area contributed by atoms with E-state index in [1.165, 1.54) is 0 Å². The molecule has 0 amide bonds. The number of halogens is 6. The molecule has 0 heterocycles. The Morgan fingerprint density at radius 3 is 2.11 bits per heavy atom. The molecule has 0 fully saturated rings. The molecule has 7 heteroatoms. The molecule has 0 aliphatic carbocycles. The van der Waals surface area contributed by atoms with Gasteiger partial charge in [-0.15, -0.1) is 0 Å². The van der Waals surface area contributed by atoms with Crippen LogP contribution in [0.5, 0.6) is 0 Å². The van der Waals surface area contributed by atoms with Crippen LogP contribution in [0.15, 0.2) is 12.1 Å². The Hall–Kier alpha value is -1.24. The van der Waals surface area contributed by atoms with Gasteiger partial charge in [0.15, 0.2) is 11.6 Å². The maximum Gasteiger partial charge on any atom is 0.389 e. The van der Waals surface area contributed by atoms with E-state index < -0.39 is 48.1 Å². The Balaban J connectivity index is 2.67. The Bertz CT molecular complexity index is 415. The molecule has 0 aliphatic rings. The highest BCUT2D eigenvalue weighted by atomic mass is 19.4. The lowest BCUT2D eigenvalue weighted by Gasteiger charge is -2.13. The van der Waals surface area contributed by atoms with E-state index in [4.69, 9.17) is 0 Å². The summed E-state index contributed by atoms with van der Waals surface area (Å²) in [4.78, 5) is 0. The minimum atomic E-state index is -4.37. The standard InChI is InChI=1S/C11H10F6O/c12-7-5-9(14)8(13)4-6(7)10(18)2-1-3-11(15,16)17/h4-5,10,18H,1-3H2. The second-order valence-corrected chi connectivity index (χ2v) is 3.81. The first-order valence-electron chi connectivity index (χ1n) is 5.10. The van der Waals surface area contributed by atoms with Gasteiger partial charge in [-0.05, 0) is 18.9 Å². The largest absolute Gasteiger partial charge is 0.389 e. The second kappa shape index (κ2) is 5.60. The van der Waals surface area contributed by atoms with Crippen LogP contribution >= 0.6 is 0 Å². The van der Waals surface area contributed by atoms with Crippen LogP contribution in [0, 0.1) is 17.5 Å². The number of aliphatic hydroxyl groups excluding tert-OH is 1. The molecule has 0 saturated heterocycles. The van der Waals surface area contributed by atoms with Crippen molar-refractivity contribution >= 4 is 0 Å². The van der Waals surface area contributed by atoms with Gasteiger partial charge in [0.1, 0.15) is 5.82 Å². The van der Waals surface area contributed by atoms with Crippen molar-refractivity contribution in [2.75, 3.05) is 0 Å². The minimum absolute atomic E-state index is 0.248. The summed E-state index contributed by atoms with van der Waals surface area (Å²) < 4.78 is 74.1. The van der Waals surface area contributed by atoms with Crippen molar-refractivity contribution in [2.45, 2.75) is 31.5 Å². The quantitative estimate of drug-likeness (QED) is 0.651. The highest BCUT2D eigenvalue weighted by molar-refractivity contribution is 5.22. The van der Waals surface area contributed by atoms with Crippen LogP contribution in [0.25, 0.3) is 0 Å². The third-order valence-electron chi connectivity index (χ3n) is 2.34. The fraction of sp³-hybridized carbons (Fsp3) is 0.455. The minimum Gasteiger partial charge on any atom is -0.388 e. The van der Waals surface area contributed by atoms with E-state index in [1.54, 1.807) is 0 Å². The average molecular weight is 272 g/mol. The maximum absolute atomic E-state index is 13.2. The van der Waals surface area contributed by atoms with Crippen LogP contribution in [0.3, 0.4) is 0 Å². The van der Waals surface area contributed by atoms with Crippen molar-refractivity contribution in [1.82, 2.24) is 0 Å². The summed E-state index contributed by atoms with van der Waals surface area (Å²) in [5, 5.41) is 9.42. The number of aliphatic hydroxyl groups is 1. The molecule has 102 valence electrons. The lowest BCUT2D eigenvalue weighted by Crippen LogP contribution is -2.09. The van der Waals surface area contributed by atoms with Crippen molar-refractivity contribution in [3.63, 3.8) is 0 Å². The Labute approximate surface area is 99.0 Å². The first-order valence-corrected chi connectivity index (χ1v) is 5.10. The summed E-state index contributed by atoms with van der Waals surface area (Å²) in [6.07, 6.45) is -7.91. The van der Waals surface area contributed by atoms with Gasteiger partial charge >= 0.3 is 6.18 Å². The third kappa shape index (κ3) is 4.21. The molecule has 1 nitrogen and oxygen atoms in total. The van der Waals surface area contributed by atoms with Gasteiger partial charge in [-0.25, -0.2) is 13.2 Å². The van der Waals surface area contributed by atoms with E-state index in [9.17, 15) is 31.4 Å². The van der Waals surface area contributed by atoms with Crippen LogP contribution in [0.2, 0.25) is 0 Å². The zero-order chi connectivity index (χ0) is 13.9. The van der Waals surface area contributed by atoms with Gasteiger partial charge in [0, 0.05) is 18.1 Å². The lowest BCUT2D eigenvalue weighted by atomic mass is 10.0. The molecular weight excluding hydrogens is 262 g/mol. The van der Waals surface area contributed by atoms with Crippen LogP contribution in [0.4, 0.5) is 26.3 Å². The fourth-order valence-electron chi connectivity index (χ4n) is 1.44. The number of hydrogen-bond donors (Lipinski definition) is 1. The number of rotatable bonds is 4. The summed E-state index contributed by atoms with van der Waals surface area (Å²) in [5.41, 5.74) is -0.545. The van der Waals surface area contributed by atoms with Gasteiger partial charge in [-0.2, -0.15) is 13.2 Å². The molecular formula is C11H10F6O. The predicted molar refractivity (Wildman–Crippen MR) is 51.2 cm³/mol. The summed E-state index contributed by atoms with van der Waals surface area (Å²) in [5.74, 6) is -3.96. The normalized spacial score (nSPS) is 13.7. The van der Waals surface area contributed by atoms with Gasteiger partial charge in [0.2, 0.25) is 0 Å². The first-order chi connectivity index (χ1) is 8.20. The zero-order valence-electron chi connectivity index (χ0n) is 9.07. The van der Waals surface area contributed by atoms with Crippen molar-refractivity contribution in [3.05, 3.63) is 35.1 Å². The van der Waals surface area contributed by atoms with Crippen molar-refractivity contribution in [2.24, 2.45) is 0 Å². The molecule has 0 bridgehead atoms. The molecule has 1 aromatic rings. The highest BCUT2D eigenvalue weighted by Gasteiger charge is 2.27. The molecule has 1 rings (SSSR count). The van der Waals surface area contributed by atoms with Crippen LogP contribution in [-0.4, -0.2) is 11.3 Å². The third-order valence-corrected chi connectivity index (χ3v) is 2.34. The Kier molecular flexibility index (Phi) is 4.61. The van der Waals surface area contributed by atoms with Gasteiger partial charge in [0.05, 0.1) is 6.10 Å². The number of alkyl halides is 3.